The van der Waals surface area contributed by atoms with Crippen LogP contribution >= 0.6 is 0 Å². The van der Waals surface area contributed by atoms with Crippen LogP contribution in [0.25, 0.3) is 0 Å². The number of carbonyl (C=O) groups excluding carboxylic acids is 1. The van der Waals surface area contributed by atoms with Gasteiger partial charge in [-0.3, -0.25) is 4.90 Å². The monoisotopic (exact) mass is 263 g/mol. The van der Waals surface area contributed by atoms with Crippen molar-refractivity contribution in [2.75, 3.05) is 12.8 Å². The van der Waals surface area contributed by atoms with Crippen LogP contribution in [0, 0.1) is 0 Å². The van der Waals surface area contributed by atoms with Gasteiger partial charge in [0, 0.05) is 12.8 Å². The summed E-state index contributed by atoms with van der Waals surface area (Å²) in [6, 6.07) is 0. The summed E-state index contributed by atoms with van der Waals surface area (Å²) in [6.07, 6.45) is 2.79. The number of amides is 1. The SMILES string of the molecule is CC(C)(C)OC(=O)N1CCCCC1S(C)(=O)=O. The molecule has 0 aromatic heterocycles. The largest absolute Gasteiger partial charge is 0.444 e. The number of hydrogen-bond donors (Lipinski definition) is 0. The molecule has 1 fully saturated rings. The Balaban J connectivity index is 2.82. The van der Waals surface area contributed by atoms with Gasteiger partial charge in [0.1, 0.15) is 11.0 Å². The van der Waals surface area contributed by atoms with Crippen molar-refractivity contribution < 1.29 is 17.9 Å². The van der Waals surface area contributed by atoms with Crippen molar-refractivity contribution in [3.63, 3.8) is 0 Å². The van der Waals surface area contributed by atoms with Crippen molar-refractivity contribution in [2.45, 2.75) is 51.0 Å². The average molecular weight is 263 g/mol. The summed E-state index contributed by atoms with van der Waals surface area (Å²) in [4.78, 5) is 13.2. The summed E-state index contributed by atoms with van der Waals surface area (Å²) in [5, 5.41) is -0.730. The second-order valence-electron chi connectivity index (χ2n) is 5.45. The average Bonchev–Trinajstić information content (AvgIpc) is 2.13. The van der Waals surface area contributed by atoms with Gasteiger partial charge in [-0.2, -0.15) is 0 Å². The van der Waals surface area contributed by atoms with Gasteiger partial charge < -0.3 is 4.74 Å². The van der Waals surface area contributed by atoms with Gasteiger partial charge in [0.05, 0.1) is 0 Å². The molecule has 1 rings (SSSR count). The number of carbonyl (C=O) groups is 1. The Morgan fingerprint density at radius 2 is 1.88 bits per heavy atom. The standard InChI is InChI=1S/C11H21NO4S/c1-11(2,3)16-10(13)12-8-6-5-7-9(12)17(4,14)15/h9H,5-8H2,1-4H3. The minimum atomic E-state index is -3.25. The Morgan fingerprint density at radius 3 is 2.35 bits per heavy atom. The van der Waals surface area contributed by atoms with Crippen LogP contribution in [0.1, 0.15) is 40.0 Å². The van der Waals surface area contributed by atoms with Gasteiger partial charge in [-0.05, 0) is 40.0 Å². The lowest BCUT2D eigenvalue weighted by atomic mass is 10.1. The molecule has 0 aromatic carbocycles. The molecule has 0 saturated carbocycles. The lowest BCUT2D eigenvalue weighted by Crippen LogP contribution is -2.49. The maximum atomic E-state index is 11.9. The summed E-state index contributed by atoms with van der Waals surface area (Å²) in [5.74, 6) is 0. The summed E-state index contributed by atoms with van der Waals surface area (Å²) in [7, 11) is -3.25. The second kappa shape index (κ2) is 4.84. The molecule has 1 amide bonds. The maximum Gasteiger partial charge on any atom is 0.411 e. The van der Waals surface area contributed by atoms with Crippen molar-refractivity contribution in [3.05, 3.63) is 0 Å². The second-order valence-corrected chi connectivity index (χ2v) is 7.66. The van der Waals surface area contributed by atoms with E-state index >= 15 is 0 Å². The van der Waals surface area contributed by atoms with Gasteiger partial charge in [0.2, 0.25) is 0 Å². The third-order valence-corrected chi connectivity index (χ3v) is 4.05. The van der Waals surface area contributed by atoms with Gasteiger partial charge >= 0.3 is 6.09 Å². The number of ether oxygens (including phenoxy) is 1. The fourth-order valence-electron chi connectivity index (χ4n) is 1.88. The van der Waals surface area contributed by atoms with Crippen LogP contribution in [0.2, 0.25) is 0 Å². The van der Waals surface area contributed by atoms with E-state index in [4.69, 9.17) is 4.74 Å². The third-order valence-electron chi connectivity index (χ3n) is 2.57. The topological polar surface area (TPSA) is 63.7 Å². The van der Waals surface area contributed by atoms with E-state index in [1.807, 2.05) is 0 Å². The third kappa shape index (κ3) is 4.18. The first-order valence-corrected chi connectivity index (χ1v) is 7.75. The maximum absolute atomic E-state index is 11.9. The smallest absolute Gasteiger partial charge is 0.411 e. The van der Waals surface area contributed by atoms with Crippen molar-refractivity contribution in [1.82, 2.24) is 4.90 Å². The van der Waals surface area contributed by atoms with Crippen LogP contribution < -0.4 is 0 Å². The zero-order valence-corrected chi connectivity index (χ0v) is 11.7. The highest BCUT2D eigenvalue weighted by Gasteiger charge is 2.36. The van der Waals surface area contributed by atoms with Crippen molar-refractivity contribution in [1.29, 1.82) is 0 Å². The molecule has 5 nitrogen and oxygen atoms in total. The zero-order chi connectivity index (χ0) is 13.3. The molecule has 1 aliphatic heterocycles. The van der Waals surface area contributed by atoms with Gasteiger partial charge in [-0.25, -0.2) is 13.2 Å². The van der Waals surface area contributed by atoms with Crippen LogP contribution in [0.15, 0.2) is 0 Å². The molecular formula is C11H21NO4S. The fraction of sp³-hybridized carbons (Fsp3) is 0.909. The molecule has 0 aromatic rings. The van der Waals surface area contributed by atoms with E-state index in [0.29, 0.717) is 13.0 Å². The van der Waals surface area contributed by atoms with Crippen LogP contribution in [-0.4, -0.2) is 43.2 Å². The quantitative estimate of drug-likeness (QED) is 0.723. The lowest BCUT2D eigenvalue weighted by molar-refractivity contribution is 0.0177. The Hall–Kier alpha value is -0.780. The van der Waals surface area contributed by atoms with Gasteiger partial charge in [-0.1, -0.05) is 0 Å². The molecule has 1 aliphatic rings. The van der Waals surface area contributed by atoms with E-state index in [2.05, 4.69) is 0 Å². The predicted octanol–water partition coefficient (Wildman–Crippen LogP) is 1.78. The molecule has 1 atom stereocenters. The number of rotatable bonds is 1. The van der Waals surface area contributed by atoms with Crippen LogP contribution in [0.5, 0.6) is 0 Å². The van der Waals surface area contributed by atoms with E-state index in [1.165, 1.54) is 11.2 Å². The van der Waals surface area contributed by atoms with Gasteiger partial charge in [0.15, 0.2) is 9.84 Å². The molecule has 0 bridgehead atoms. The highest BCUT2D eigenvalue weighted by molar-refractivity contribution is 7.91. The molecule has 0 radical (unpaired) electrons. The summed E-state index contributed by atoms with van der Waals surface area (Å²) >= 11 is 0. The Labute approximate surface area is 103 Å². The molecule has 100 valence electrons. The first-order chi connectivity index (χ1) is 7.61. The van der Waals surface area contributed by atoms with Crippen LogP contribution in [-0.2, 0) is 14.6 Å². The zero-order valence-electron chi connectivity index (χ0n) is 10.9. The first-order valence-electron chi connectivity index (χ1n) is 5.80. The number of nitrogens with zero attached hydrogens (tertiary/aromatic N) is 1. The Bertz CT molecular complexity index is 383. The molecule has 1 heterocycles. The van der Waals surface area contributed by atoms with E-state index in [1.54, 1.807) is 20.8 Å². The molecule has 0 N–H and O–H groups in total. The summed E-state index contributed by atoms with van der Waals surface area (Å²) in [6.45, 7) is 5.76. The number of piperidine rings is 1. The number of likely N-dealkylation sites (tertiary alicyclic amines) is 1. The first kappa shape index (κ1) is 14.3. The van der Waals surface area contributed by atoms with Crippen molar-refractivity contribution in [2.24, 2.45) is 0 Å². The van der Waals surface area contributed by atoms with E-state index in [0.717, 1.165) is 12.8 Å². The highest BCUT2D eigenvalue weighted by Crippen LogP contribution is 2.23. The molecule has 0 aliphatic carbocycles. The van der Waals surface area contributed by atoms with Crippen molar-refractivity contribution in [3.8, 4) is 0 Å². The lowest BCUT2D eigenvalue weighted by Gasteiger charge is -2.35. The summed E-state index contributed by atoms with van der Waals surface area (Å²) < 4.78 is 28.5. The minimum Gasteiger partial charge on any atom is -0.444 e. The van der Waals surface area contributed by atoms with Crippen LogP contribution in [0.4, 0.5) is 4.79 Å². The predicted molar refractivity (Wildman–Crippen MR) is 65.4 cm³/mol. The number of sulfone groups is 1. The molecular weight excluding hydrogens is 242 g/mol. The Kier molecular flexibility index (Phi) is 4.06. The molecule has 17 heavy (non-hydrogen) atoms. The molecule has 1 saturated heterocycles. The minimum absolute atomic E-state index is 0.451. The fourth-order valence-corrected chi connectivity index (χ4v) is 3.12. The molecule has 6 heteroatoms. The van der Waals surface area contributed by atoms with E-state index < -0.39 is 26.9 Å². The van der Waals surface area contributed by atoms with Crippen LogP contribution in [0.3, 0.4) is 0 Å². The van der Waals surface area contributed by atoms with Gasteiger partial charge in [-0.15, -0.1) is 0 Å². The Morgan fingerprint density at radius 1 is 1.29 bits per heavy atom. The highest BCUT2D eigenvalue weighted by atomic mass is 32.2. The molecule has 0 spiro atoms. The van der Waals surface area contributed by atoms with Gasteiger partial charge in [0.25, 0.3) is 0 Å². The normalized spacial score (nSPS) is 22.4. The van der Waals surface area contributed by atoms with E-state index in [9.17, 15) is 13.2 Å². The van der Waals surface area contributed by atoms with Crippen molar-refractivity contribution >= 4 is 15.9 Å². The summed E-state index contributed by atoms with van der Waals surface area (Å²) in [5.41, 5.74) is -0.601. The van der Waals surface area contributed by atoms with E-state index in [-0.39, 0.29) is 0 Å². The number of hydrogen-bond acceptors (Lipinski definition) is 4. The molecule has 1 unspecified atom stereocenters.